The van der Waals surface area contributed by atoms with E-state index in [1.165, 1.54) is 0 Å². The number of nitrogens with one attached hydrogen (secondary N) is 1. The van der Waals surface area contributed by atoms with Gasteiger partial charge in [-0.15, -0.1) is 13.2 Å². The molecule has 0 fully saturated rings. The van der Waals surface area contributed by atoms with E-state index in [-0.39, 0.29) is 17.9 Å². The SMILES string of the molecule is C=CCN[C@H](C(N)=O)[C@H](C)C=C. The topological polar surface area (TPSA) is 55.1 Å². The van der Waals surface area contributed by atoms with E-state index in [0.717, 1.165) is 0 Å². The van der Waals surface area contributed by atoms with Crippen LogP contribution in [-0.2, 0) is 4.79 Å². The first-order valence-electron chi connectivity index (χ1n) is 3.89. The second kappa shape index (κ2) is 5.55. The lowest BCUT2D eigenvalue weighted by atomic mass is 10.0. The van der Waals surface area contributed by atoms with E-state index in [2.05, 4.69) is 18.5 Å². The van der Waals surface area contributed by atoms with Crippen LogP contribution in [0.5, 0.6) is 0 Å². The normalized spacial score (nSPS) is 14.8. The molecule has 0 radical (unpaired) electrons. The van der Waals surface area contributed by atoms with Gasteiger partial charge in [0.05, 0.1) is 6.04 Å². The molecule has 0 saturated heterocycles. The summed E-state index contributed by atoms with van der Waals surface area (Å²) in [6, 6.07) is -0.347. The van der Waals surface area contributed by atoms with E-state index >= 15 is 0 Å². The summed E-state index contributed by atoms with van der Waals surface area (Å²) >= 11 is 0. The predicted molar refractivity (Wildman–Crippen MR) is 50.5 cm³/mol. The van der Waals surface area contributed by atoms with Gasteiger partial charge < -0.3 is 11.1 Å². The first-order chi connectivity index (χ1) is 5.63. The predicted octanol–water partition coefficient (Wildman–Crippen LogP) is 0.438. The molecule has 12 heavy (non-hydrogen) atoms. The van der Waals surface area contributed by atoms with Gasteiger partial charge in [-0.05, 0) is 5.92 Å². The molecule has 68 valence electrons. The molecule has 3 heteroatoms. The number of carbonyl (C=O) groups is 1. The molecule has 1 amide bonds. The third-order valence-electron chi connectivity index (χ3n) is 1.69. The van der Waals surface area contributed by atoms with Crippen molar-refractivity contribution in [2.24, 2.45) is 11.7 Å². The molecule has 0 aromatic heterocycles. The molecule has 0 rings (SSSR count). The van der Waals surface area contributed by atoms with Crippen molar-refractivity contribution in [1.29, 1.82) is 0 Å². The second-order valence-corrected chi connectivity index (χ2v) is 2.67. The van der Waals surface area contributed by atoms with Gasteiger partial charge in [-0.2, -0.15) is 0 Å². The quantitative estimate of drug-likeness (QED) is 0.565. The highest BCUT2D eigenvalue weighted by atomic mass is 16.1. The summed E-state index contributed by atoms with van der Waals surface area (Å²) in [4.78, 5) is 10.9. The van der Waals surface area contributed by atoms with Crippen LogP contribution in [0.3, 0.4) is 0 Å². The molecule has 2 atom stereocenters. The van der Waals surface area contributed by atoms with Crippen LogP contribution in [0.1, 0.15) is 6.92 Å². The van der Waals surface area contributed by atoms with E-state index in [0.29, 0.717) is 6.54 Å². The number of primary amides is 1. The number of rotatable bonds is 6. The standard InChI is InChI=1S/C9H16N2O/c1-4-6-11-8(9(10)12)7(3)5-2/h4-5,7-8,11H,1-2,6H2,3H3,(H2,10,12)/t7-,8+/m1/s1. The lowest BCUT2D eigenvalue weighted by Gasteiger charge is -2.18. The number of hydrogen-bond acceptors (Lipinski definition) is 2. The second-order valence-electron chi connectivity index (χ2n) is 2.67. The molecule has 0 aliphatic carbocycles. The lowest BCUT2D eigenvalue weighted by molar-refractivity contribution is -0.120. The van der Waals surface area contributed by atoms with Gasteiger partial charge in [-0.3, -0.25) is 4.79 Å². The van der Waals surface area contributed by atoms with Crippen LogP contribution in [0.2, 0.25) is 0 Å². The van der Waals surface area contributed by atoms with Crippen molar-refractivity contribution in [3.63, 3.8) is 0 Å². The minimum absolute atomic E-state index is 0.0439. The van der Waals surface area contributed by atoms with Crippen molar-refractivity contribution >= 4 is 5.91 Å². The zero-order valence-corrected chi connectivity index (χ0v) is 7.42. The van der Waals surface area contributed by atoms with E-state index in [1.807, 2.05) is 6.92 Å². The highest BCUT2D eigenvalue weighted by Gasteiger charge is 2.18. The Morgan fingerprint density at radius 3 is 2.58 bits per heavy atom. The highest BCUT2D eigenvalue weighted by Crippen LogP contribution is 2.02. The molecule has 0 spiro atoms. The van der Waals surface area contributed by atoms with E-state index in [4.69, 9.17) is 5.73 Å². The van der Waals surface area contributed by atoms with Crippen LogP contribution in [0, 0.1) is 5.92 Å². The van der Waals surface area contributed by atoms with E-state index < -0.39 is 0 Å². The Balaban J connectivity index is 4.11. The van der Waals surface area contributed by atoms with Crippen LogP contribution >= 0.6 is 0 Å². The fraction of sp³-hybridized carbons (Fsp3) is 0.444. The lowest BCUT2D eigenvalue weighted by Crippen LogP contribution is -2.45. The number of carbonyl (C=O) groups excluding carboxylic acids is 1. The average molecular weight is 168 g/mol. The van der Waals surface area contributed by atoms with Crippen molar-refractivity contribution in [2.75, 3.05) is 6.54 Å². The van der Waals surface area contributed by atoms with Gasteiger partial charge in [0.25, 0.3) is 0 Å². The van der Waals surface area contributed by atoms with Crippen LogP contribution in [0.4, 0.5) is 0 Å². The van der Waals surface area contributed by atoms with E-state index in [1.54, 1.807) is 12.2 Å². The Bertz CT molecular complexity index is 177. The largest absolute Gasteiger partial charge is 0.368 e. The summed E-state index contributed by atoms with van der Waals surface area (Å²) < 4.78 is 0. The molecule has 0 unspecified atom stereocenters. The summed E-state index contributed by atoms with van der Waals surface area (Å²) in [5.74, 6) is -0.313. The molecule has 0 aliphatic rings. The summed E-state index contributed by atoms with van der Waals surface area (Å²) in [5, 5.41) is 2.96. The minimum atomic E-state index is -0.357. The Morgan fingerprint density at radius 1 is 1.67 bits per heavy atom. The van der Waals surface area contributed by atoms with Crippen molar-refractivity contribution in [3.8, 4) is 0 Å². The first kappa shape index (κ1) is 10.9. The van der Waals surface area contributed by atoms with Crippen LogP contribution < -0.4 is 11.1 Å². The van der Waals surface area contributed by atoms with Crippen LogP contribution in [-0.4, -0.2) is 18.5 Å². The molecule has 3 N–H and O–H groups in total. The summed E-state index contributed by atoms with van der Waals surface area (Å²) in [5.41, 5.74) is 5.17. The fourth-order valence-electron chi connectivity index (χ4n) is 0.892. The van der Waals surface area contributed by atoms with Gasteiger partial charge in [-0.1, -0.05) is 19.1 Å². The monoisotopic (exact) mass is 168 g/mol. The Labute approximate surface area is 73.3 Å². The van der Waals surface area contributed by atoms with Crippen molar-refractivity contribution in [1.82, 2.24) is 5.32 Å². The molecule has 0 aromatic carbocycles. The Kier molecular flexibility index (Phi) is 5.04. The third kappa shape index (κ3) is 3.34. The minimum Gasteiger partial charge on any atom is -0.368 e. The Hall–Kier alpha value is -1.09. The van der Waals surface area contributed by atoms with Gasteiger partial charge in [0.1, 0.15) is 0 Å². The maximum Gasteiger partial charge on any atom is 0.235 e. The average Bonchev–Trinajstić information content (AvgIpc) is 2.04. The molecule has 0 aliphatic heterocycles. The van der Waals surface area contributed by atoms with E-state index in [9.17, 15) is 4.79 Å². The van der Waals surface area contributed by atoms with Crippen molar-refractivity contribution < 1.29 is 4.79 Å². The number of amides is 1. The van der Waals surface area contributed by atoms with Crippen LogP contribution in [0.25, 0.3) is 0 Å². The molecular formula is C9H16N2O. The van der Waals surface area contributed by atoms with Crippen molar-refractivity contribution in [3.05, 3.63) is 25.3 Å². The van der Waals surface area contributed by atoms with Crippen molar-refractivity contribution in [2.45, 2.75) is 13.0 Å². The molecular weight excluding hydrogens is 152 g/mol. The molecule has 0 saturated carbocycles. The van der Waals surface area contributed by atoms with Crippen LogP contribution in [0.15, 0.2) is 25.3 Å². The van der Waals surface area contributed by atoms with Gasteiger partial charge in [0, 0.05) is 6.54 Å². The van der Waals surface area contributed by atoms with Gasteiger partial charge in [0.15, 0.2) is 0 Å². The maximum atomic E-state index is 10.9. The summed E-state index contributed by atoms with van der Waals surface area (Å²) in [7, 11) is 0. The smallest absolute Gasteiger partial charge is 0.235 e. The zero-order chi connectivity index (χ0) is 9.56. The van der Waals surface area contributed by atoms with Gasteiger partial charge in [0.2, 0.25) is 5.91 Å². The molecule has 0 bridgehead atoms. The maximum absolute atomic E-state index is 10.9. The fourth-order valence-corrected chi connectivity index (χ4v) is 0.892. The molecule has 0 heterocycles. The number of nitrogens with two attached hydrogens (primary N) is 1. The van der Waals surface area contributed by atoms with Gasteiger partial charge >= 0.3 is 0 Å². The van der Waals surface area contributed by atoms with Gasteiger partial charge in [-0.25, -0.2) is 0 Å². The third-order valence-corrected chi connectivity index (χ3v) is 1.69. The number of hydrogen-bond donors (Lipinski definition) is 2. The zero-order valence-electron chi connectivity index (χ0n) is 7.42. The summed E-state index contributed by atoms with van der Waals surface area (Å²) in [6.45, 7) is 9.60. The molecule has 3 nitrogen and oxygen atoms in total. The highest BCUT2D eigenvalue weighted by molar-refractivity contribution is 5.80. The summed E-state index contributed by atoms with van der Waals surface area (Å²) in [6.07, 6.45) is 3.39. The Morgan fingerprint density at radius 2 is 2.25 bits per heavy atom. The first-order valence-corrected chi connectivity index (χ1v) is 3.89. The molecule has 0 aromatic rings.